The van der Waals surface area contributed by atoms with Crippen LogP contribution in [0.5, 0.6) is 0 Å². The maximum atomic E-state index is 12.4. The molecule has 0 saturated carbocycles. The lowest BCUT2D eigenvalue weighted by molar-refractivity contribution is 0.0457. The number of tetrazole rings is 1. The molecule has 0 spiro atoms. The van der Waals surface area contributed by atoms with Gasteiger partial charge in [0.05, 0.1) is 5.69 Å². The molecule has 0 aliphatic carbocycles. The molecule has 120 valence electrons. The van der Waals surface area contributed by atoms with E-state index in [1.165, 1.54) is 0 Å². The average Bonchev–Trinajstić information content (AvgIpc) is 3.13. The number of fused-ring (bicyclic) bond motifs is 1. The van der Waals surface area contributed by atoms with Crippen molar-refractivity contribution in [1.82, 2.24) is 34.8 Å². The summed E-state index contributed by atoms with van der Waals surface area (Å²) < 4.78 is 8.55. The molecule has 0 aliphatic heterocycles. The lowest BCUT2D eigenvalue weighted by Crippen LogP contribution is -2.12. The molecule has 9 nitrogen and oxygen atoms in total. The average molecular weight is 315 g/mol. The minimum absolute atomic E-state index is 0.0131. The van der Waals surface area contributed by atoms with Crippen LogP contribution < -0.4 is 0 Å². The molecule has 0 amide bonds. The Morgan fingerprint density at radius 1 is 1.39 bits per heavy atom. The molecule has 9 heteroatoms. The third-order valence-electron chi connectivity index (χ3n) is 3.44. The monoisotopic (exact) mass is 315 g/mol. The highest BCUT2D eigenvalue weighted by atomic mass is 16.5. The minimum Gasteiger partial charge on any atom is -0.454 e. The molecule has 3 aromatic heterocycles. The maximum absolute atomic E-state index is 12.4. The third-order valence-corrected chi connectivity index (χ3v) is 3.44. The van der Waals surface area contributed by atoms with E-state index in [2.05, 4.69) is 32.5 Å². The molecule has 23 heavy (non-hydrogen) atoms. The molecular weight excluding hydrogens is 298 g/mol. The zero-order valence-corrected chi connectivity index (χ0v) is 13.0. The first-order chi connectivity index (χ1) is 11.2. The molecule has 0 N–H and O–H groups in total. The summed E-state index contributed by atoms with van der Waals surface area (Å²) in [5, 5.41) is 15.7. The fourth-order valence-electron chi connectivity index (χ4n) is 2.25. The van der Waals surface area contributed by atoms with Crippen LogP contribution in [-0.2, 0) is 17.9 Å². The SMILES string of the molecule is CCCCn1nnnc1COC(=O)c1c(C)nn2cccnc12. The summed E-state index contributed by atoms with van der Waals surface area (Å²) >= 11 is 0. The molecule has 3 aromatic rings. The predicted molar refractivity (Wildman–Crippen MR) is 79.6 cm³/mol. The minimum atomic E-state index is -0.485. The van der Waals surface area contributed by atoms with Crippen molar-refractivity contribution in [2.45, 2.75) is 39.8 Å². The highest BCUT2D eigenvalue weighted by Gasteiger charge is 2.20. The van der Waals surface area contributed by atoms with Gasteiger partial charge in [-0.1, -0.05) is 13.3 Å². The predicted octanol–water partition coefficient (Wildman–Crippen LogP) is 1.18. The summed E-state index contributed by atoms with van der Waals surface area (Å²) in [6, 6.07) is 1.75. The summed E-state index contributed by atoms with van der Waals surface area (Å²) in [4.78, 5) is 16.5. The molecule has 0 bridgehead atoms. The van der Waals surface area contributed by atoms with Gasteiger partial charge >= 0.3 is 5.97 Å². The molecule has 3 rings (SSSR count). The first-order valence-electron chi connectivity index (χ1n) is 7.42. The van der Waals surface area contributed by atoms with Crippen LogP contribution in [0.3, 0.4) is 0 Å². The number of aryl methyl sites for hydroxylation is 2. The highest BCUT2D eigenvalue weighted by molar-refractivity contribution is 5.97. The van der Waals surface area contributed by atoms with E-state index in [1.54, 1.807) is 34.6 Å². The molecule has 0 fully saturated rings. The van der Waals surface area contributed by atoms with Crippen molar-refractivity contribution in [3.8, 4) is 0 Å². The van der Waals surface area contributed by atoms with Crippen molar-refractivity contribution in [2.24, 2.45) is 0 Å². The first kappa shape index (κ1) is 15.1. The number of ether oxygens (including phenoxy) is 1. The molecule has 0 atom stereocenters. The Balaban J connectivity index is 1.74. The second-order valence-corrected chi connectivity index (χ2v) is 5.10. The molecule has 0 aliphatic rings. The van der Waals surface area contributed by atoms with E-state index >= 15 is 0 Å². The van der Waals surface area contributed by atoms with Crippen LogP contribution in [0.25, 0.3) is 5.65 Å². The van der Waals surface area contributed by atoms with Gasteiger partial charge in [0.25, 0.3) is 0 Å². The van der Waals surface area contributed by atoms with E-state index in [-0.39, 0.29) is 6.61 Å². The lowest BCUT2D eigenvalue weighted by atomic mass is 10.2. The smallest absolute Gasteiger partial charge is 0.344 e. The first-order valence-corrected chi connectivity index (χ1v) is 7.42. The number of unbranched alkanes of at least 4 members (excludes halogenated alkanes) is 1. The standard InChI is InChI=1S/C14H17N7O2/c1-3-4-7-20-11(16-18-19-20)9-23-14(22)12-10(2)17-21-8-5-6-15-13(12)21/h5-6,8H,3-4,7,9H2,1-2H3. The molecule has 0 radical (unpaired) electrons. The number of carbonyl (C=O) groups is 1. The van der Waals surface area contributed by atoms with Gasteiger partial charge in [-0.2, -0.15) is 5.10 Å². The van der Waals surface area contributed by atoms with Gasteiger partial charge in [0, 0.05) is 18.9 Å². The van der Waals surface area contributed by atoms with Gasteiger partial charge < -0.3 is 4.74 Å². The Bertz CT molecular complexity index is 824. The van der Waals surface area contributed by atoms with E-state index in [4.69, 9.17) is 4.74 Å². The van der Waals surface area contributed by atoms with Crippen LogP contribution in [0.15, 0.2) is 18.5 Å². The van der Waals surface area contributed by atoms with Crippen LogP contribution in [0, 0.1) is 6.92 Å². The van der Waals surface area contributed by atoms with Gasteiger partial charge in [-0.3, -0.25) is 0 Å². The normalized spacial score (nSPS) is 11.0. The highest BCUT2D eigenvalue weighted by Crippen LogP contribution is 2.14. The van der Waals surface area contributed by atoms with Gasteiger partial charge in [0.15, 0.2) is 18.1 Å². The number of hydrogen-bond donors (Lipinski definition) is 0. The molecule has 0 saturated heterocycles. The van der Waals surface area contributed by atoms with E-state index < -0.39 is 5.97 Å². The molecule has 0 unspecified atom stereocenters. The zero-order valence-electron chi connectivity index (χ0n) is 13.0. The van der Waals surface area contributed by atoms with Crippen molar-refractivity contribution < 1.29 is 9.53 Å². The Hall–Kier alpha value is -2.84. The molecule has 0 aromatic carbocycles. The number of nitrogens with zero attached hydrogens (tertiary/aromatic N) is 7. The fraction of sp³-hybridized carbons (Fsp3) is 0.429. The van der Waals surface area contributed by atoms with Crippen LogP contribution in [-0.4, -0.2) is 40.8 Å². The van der Waals surface area contributed by atoms with E-state index in [0.717, 1.165) is 12.8 Å². The number of carbonyl (C=O) groups excluding carboxylic acids is 1. The Morgan fingerprint density at radius 3 is 3.09 bits per heavy atom. The van der Waals surface area contributed by atoms with Crippen molar-refractivity contribution in [3.05, 3.63) is 35.5 Å². The number of rotatable bonds is 6. The summed E-state index contributed by atoms with van der Waals surface area (Å²) in [7, 11) is 0. The zero-order chi connectivity index (χ0) is 16.2. The topological polar surface area (TPSA) is 100 Å². The molecular formula is C14H17N7O2. The second kappa shape index (κ2) is 6.51. The Morgan fingerprint density at radius 2 is 2.26 bits per heavy atom. The Labute approximate surface area is 132 Å². The van der Waals surface area contributed by atoms with Crippen molar-refractivity contribution in [3.63, 3.8) is 0 Å². The van der Waals surface area contributed by atoms with Gasteiger partial charge in [-0.15, -0.1) is 5.10 Å². The van der Waals surface area contributed by atoms with Gasteiger partial charge in [-0.25, -0.2) is 19.0 Å². The van der Waals surface area contributed by atoms with E-state index in [0.29, 0.717) is 29.3 Å². The van der Waals surface area contributed by atoms with E-state index in [1.807, 2.05) is 0 Å². The maximum Gasteiger partial charge on any atom is 0.344 e. The lowest BCUT2D eigenvalue weighted by Gasteiger charge is -2.05. The Kier molecular flexibility index (Phi) is 4.26. The van der Waals surface area contributed by atoms with Gasteiger partial charge in [0.1, 0.15) is 5.56 Å². The quantitative estimate of drug-likeness (QED) is 0.630. The largest absolute Gasteiger partial charge is 0.454 e. The van der Waals surface area contributed by atoms with E-state index in [9.17, 15) is 4.79 Å². The van der Waals surface area contributed by atoms with Crippen LogP contribution in [0.4, 0.5) is 0 Å². The second-order valence-electron chi connectivity index (χ2n) is 5.10. The van der Waals surface area contributed by atoms with Crippen LogP contribution >= 0.6 is 0 Å². The number of aromatic nitrogens is 7. The summed E-state index contributed by atoms with van der Waals surface area (Å²) in [6.45, 7) is 4.55. The van der Waals surface area contributed by atoms with Crippen molar-refractivity contribution in [1.29, 1.82) is 0 Å². The van der Waals surface area contributed by atoms with Crippen molar-refractivity contribution >= 4 is 11.6 Å². The summed E-state index contributed by atoms with van der Waals surface area (Å²) in [5.74, 6) is 0.0372. The number of esters is 1. The molecule has 3 heterocycles. The summed E-state index contributed by atoms with van der Waals surface area (Å²) in [6.07, 6.45) is 5.34. The van der Waals surface area contributed by atoms with Gasteiger partial charge in [-0.05, 0) is 29.8 Å². The van der Waals surface area contributed by atoms with Crippen LogP contribution in [0.1, 0.15) is 41.6 Å². The summed E-state index contributed by atoms with van der Waals surface area (Å²) in [5.41, 5.74) is 1.40. The van der Waals surface area contributed by atoms with Crippen LogP contribution in [0.2, 0.25) is 0 Å². The number of hydrogen-bond acceptors (Lipinski definition) is 7. The van der Waals surface area contributed by atoms with Gasteiger partial charge in [0.2, 0.25) is 0 Å². The van der Waals surface area contributed by atoms with Crippen molar-refractivity contribution in [2.75, 3.05) is 0 Å². The fourth-order valence-corrected chi connectivity index (χ4v) is 2.25. The third kappa shape index (κ3) is 3.03.